The van der Waals surface area contributed by atoms with E-state index in [1.807, 2.05) is 12.2 Å². The molecular weight excluding hydrogens is 506 g/mol. The van der Waals surface area contributed by atoms with Gasteiger partial charge in [0.2, 0.25) is 0 Å². The number of aryl methyl sites for hydroxylation is 1. The number of hydrogen-bond acceptors (Lipinski definition) is 3. The lowest BCUT2D eigenvalue weighted by Gasteiger charge is -2.18. The zero-order valence-corrected chi connectivity index (χ0v) is 19.6. The van der Waals surface area contributed by atoms with E-state index in [1.165, 1.54) is 0 Å². The number of rotatable bonds is 4. The summed E-state index contributed by atoms with van der Waals surface area (Å²) in [6, 6.07) is 8.95. The maximum absolute atomic E-state index is 13.8. The minimum absolute atomic E-state index is 0.448. The number of halogens is 4. The fourth-order valence-corrected chi connectivity index (χ4v) is 3.81. The second-order valence-corrected chi connectivity index (χ2v) is 8.29. The maximum atomic E-state index is 13.8. The van der Waals surface area contributed by atoms with Gasteiger partial charge in [-0.2, -0.15) is 0 Å². The molecule has 3 aromatic rings. The minimum Gasteiger partial charge on any atom is -0.456 e. The summed E-state index contributed by atoms with van der Waals surface area (Å²) in [6.45, 7) is 5.35. The van der Waals surface area contributed by atoms with Crippen LogP contribution in [0.4, 0.5) is 19.3 Å². The molecule has 3 amide bonds. The van der Waals surface area contributed by atoms with Crippen molar-refractivity contribution >= 4 is 45.2 Å². The van der Waals surface area contributed by atoms with Crippen LogP contribution in [0.1, 0.15) is 27.0 Å². The van der Waals surface area contributed by atoms with E-state index in [0.29, 0.717) is 37.8 Å². The van der Waals surface area contributed by atoms with Gasteiger partial charge in [0.15, 0.2) is 0 Å². The molecule has 5 nitrogen and oxygen atoms in total. The third kappa shape index (κ3) is 5.08. The van der Waals surface area contributed by atoms with Crippen LogP contribution in [0.3, 0.4) is 0 Å². The zero-order chi connectivity index (χ0) is 23.6. The first-order valence-electron chi connectivity index (χ1n) is 9.38. The Kier molecular flexibility index (Phi) is 7.16. The molecule has 0 atom stereocenters. The van der Waals surface area contributed by atoms with E-state index >= 15 is 0 Å². The molecule has 32 heavy (non-hydrogen) atoms. The third-order valence-electron chi connectivity index (χ3n) is 4.82. The largest absolute Gasteiger partial charge is 0.456 e. The molecule has 0 aliphatic rings. The summed E-state index contributed by atoms with van der Waals surface area (Å²) in [7, 11) is 0. The average Bonchev–Trinajstić information content (AvgIpc) is 2.71. The van der Waals surface area contributed by atoms with Crippen LogP contribution in [0, 0.1) is 32.4 Å². The Morgan fingerprint density at radius 3 is 2.25 bits per heavy atom. The number of amides is 3. The lowest BCUT2D eigenvalue weighted by Crippen LogP contribution is -2.35. The van der Waals surface area contributed by atoms with E-state index in [0.717, 1.165) is 23.8 Å². The number of urea groups is 1. The van der Waals surface area contributed by atoms with Crippen molar-refractivity contribution in [2.45, 2.75) is 20.8 Å². The molecule has 0 unspecified atom stereocenters. The summed E-state index contributed by atoms with van der Waals surface area (Å²) >= 11 is 9.37. The molecule has 0 aromatic heterocycles. The third-order valence-corrected chi connectivity index (χ3v) is 5.67. The van der Waals surface area contributed by atoms with Crippen molar-refractivity contribution in [3.8, 4) is 11.5 Å². The smallest absolute Gasteiger partial charge is 0.326 e. The predicted octanol–water partition coefficient (Wildman–Crippen LogP) is 7.06. The number of benzene rings is 3. The van der Waals surface area contributed by atoms with E-state index in [2.05, 4.69) is 21.2 Å². The van der Waals surface area contributed by atoms with Gasteiger partial charge < -0.3 is 10.1 Å². The van der Waals surface area contributed by atoms with Gasteiger partial charge in [-0.15, -0.1) is 0 Å². The van der Waals surface area contributed by atoms with Gasteiger partial charge in [-0.25, -0.2) is 13.6 Å². The lowest BCUT2D eigenvalue weighted by atomic mass is 10.0. The van der Waals surface area contributed by atoms with Gasteiger partial charge in [0, 0.05) is 10.7 Å². The van der Waals surface area contributed by atoms with Crippen molar-refractivity contribution in [3.05, 3.63) is 85.8 Å². The van der Waals surface area contributed by atoms with Crippen LogP contribution in [0.25, 0.3) is 0 Å². The van der Waals surface area contributed by atoms with Crippen molar-refractivity contribution in [1.82, 2.24) is 5.32 Å². The quantitative estimate of drug-likeness (QED) is 0.385. The van der Waals surface area contributed by atoms with Crippen molar-refractivity contribution < 1.29 is 23.1 Å². The Balaban J connectivity index is 1.81. The van der Waals surface area contributed by atoms with Gasteiger partial charge in [-0.1, -0.05) is 17.7 Å². The molecule has 9 heteroatoms. The molecule has 0 heterocycles. The van der Waals surface area contributed by atoms with E-state index in [-0.39, 0.29) is 0 Å². The van der Waals surface area contributed by atoms with Gasteiger partial charge in [0.05, 0.1) is 4.47 Å². The van der Waals surface area contributed by atoms with Crippen LogP contribution in [-0.2, 0) is 0 Å². The van der Waals surface area contributed by atoms with Crippen LogP contribution in [-0.4, -0.2) is 11.9 Å². The molecule has 0 aliphatic carbocycles. The van der Waals surface area contributed by atoms with E-state index < -0.39 is 29.1 Å². The van der Waals surface area contributed by atoms with Gasteiger partial charge >= 0.3 is 6.03 Å². The Hall–Kier alpha value is -2.97. The van der Waals surface area contributed by atoms with Gasteiger partial charge in [-0.3, -0.25) is 10.1 Å². The molecule has 0 radical (unpaired) electrons. The van der Waals surface area contributed by atoms with E-state index in [1.54, 1.807) is 38.1 Å². The van der Waals surface area contributed by atoms with E-state index in [9.17, 15) is 18.4 Å². The van der Waals surface area contributed by atoms with Crippen LogP contribution in [0.15, 0.2) is 46.9 Å². The summed E-state index contributed by atoms with van der Waals surface area (Å²) in [5.41, 5.74) is 1.73. The molecule has 0 aliphatic heterocycles. The fraction of sp³-hybridized carbons (Fsp3) is 0.130. The highest BCUT2D eigenvalue weighted by Gasteiger charge is 2.21. The van der Waals surface area contributed by atoms with Crippen molar-refractivity contribution in [2.75, 3.05) is 5.32 Å². The number of carbonyl (C=O) groups is 2. The Morgan fingerprint density at radius 2 is 1.62 bits per heavy atom. The SMILES string of the molecule is Cc1cc(Oc2ccc(Cl)cc2Br)c(C)c(C)c1NC(=O)NC(=O)c1c(F)cccc1F. The summed E-state index contributed by atoms with van der Waals surface area (Å²) in [4.78, 5) is 24.5. The number of nitrogens with one attached hydrogen (secondary N) is 2. The van der Waals surface area contributed by atoms with Gasteiger partial charge in [0.25, 0.3) is 5.91 Å². The molecule has 0 saturated carbocycles. The number of anilines is 1. The first-order chi connectivity index (χ1) is 15.1. The molecule has 3 rings (SSSR count). The molecule has 0 spiro atoms. The molecule has 0 bridgehead atoms. The molecule has 2 N–H and O–H groups in total. The Bertz CT molecular complexity index is 1210. The Morgan fingerprint density at radius 1 is 0.969 bits per heavy atom. The molecule has 3 aromatic carbocycles. The van der Waals surface area contributed by atoms with E-state index in [4.69, 9.17) is 16.3 Å². The second-order valence-electron chi connectivity index (χ2n) is 7.00. The highest BCUT2D eigenvalue weighted by Crippen LogP contribution is 2.37. The molecular formula is C23H18BrClF2N2O3. The van der Waals surface area contributed by atoms with Crippen LogP contribution in [0.5, 0.6) is 11.5 Å². The number of imide groups is 1. The molecule has 166 valence electrons. The number of carbonyl (C=O) groups excluding carboxylic acids is 2. The summed E-state index contributed by atoms with van der Waals surface area (Å²) in [5.74, 6) is -2.18. The molecule has 0 fully saturated rings. The van der Waals surface area contributed by atoms with Gasteiger partial charge in [-0.05, 0) is 89.8 Å². The predicted molar refractivity (Wildman–Crippen MR) is 123 cm³/mol. The highest BCUT2D eigenvalue weighted by atomic mass is 79.9. The standard InChI is InChI=1S/C23H18BrClF2N2O3/c1-11-9-19(32-18-8-7-14(25)10-15(18)24)12(2)13(3)21(11)28-23(31)29-22(30)20-16(26)5-4-6-17(20)27/h4-10H,1-3H3,(H2,28,29,30,31). The van der Waals surface area contributed by atoms with Crippen LogP contribution in [0.2, 0.25) is 5.02 Å². The van der Waals surface area contributed by atoms with Gasteiger partial charge in [0.1, 0.15) is 28.7 Å². The second kappa shape index (κ2) is 9.67. The Labute approximate surface area is 196 Å². The molecule has 0 saturated heterocycles. The fourth-order valence-electron chi connectivity index (χ4n) is 3.05. The normalized spacial score (nSPS) is 10.6. The maximum Gasteiger partial charge on any atom is 0.326 e. The number of hydrogen-bond donors (Lipinski definition) is 2. The topological polar surface area (TPSA) is 67.4 Å². The van der Waals surface area contributed by atoms with Crippen molar-refractivity contribution in [1.29, 1.82) is 0 Å². The summed E-state index contributed by atoms with van der Waals surface area (Å²) in [5, 5.41) is 5.08. The zero-order valence-electron chi connectivity index (χ0n) is 17.3. The lowest BCUT2D eigenvalue weighted by molar-refractivity contribution is 0.0959. The average molecular weight is 524 g/mol. The summed E-state index contributed by atoms with van der Waals surface area (Å²) < 4.78 is 34.2. The summed E-state index contributed by atoms with van der Waals surface area (Å²) in [6.07, 6.45) is 0. The first-order valence-corrected chi connectivity index (χ1v) is 10.6. The minimum atomic E-state index is -1.18. The highest BCUT2D eigenvalue weighted by molar-refractivity contribution is 9.10. The first kappa shape index (κ1) is 23.7. The van der Waals surface area contributed by atoms with Crippen LogP contribution >= 0.6 is 27.5 Å². The van der Waals surface area contributed by atoms with Crippen molar-refractivity contribution in [3.63, 3.8) is 0 Å². The monoisotopic (exact) mass is 522 g/mol. The van der Waals surface area contributed by atoms with Crippen LogP contribution < -0.4 is 15.4 Å². The number of ether oxygens (including phenoxy) is 1. The van der Waals surface area contributed by atoms with Crippen molar-refractivity contribution in [2.24, 2.45) is 0 Å².